The van der Waals surface area contributed by atoms with Gasteiger partial charge in [-0.15, -0.1) is 67.4 Å². The molecule has 10 aromatic rings. The summed E-state index contributed by atoms with van der Waals surface area (Å²) in [4.78, 5) is 0. The molecule has 0 unspecified atom stereocenters. The first-order chi connectivity index (χ1) is 38.1. The van der Waals surface area contributed by atoms with Crippen LogP contribution in [0.1, 0.15) is 152 Å². The van der Waals surface area contributed by atoms with Gasteiger partial charge in [-0.05, 0) is 34.5 Å². The van der Waals surface area contributed by atoms with E-state index < -0.39 is 0 Å². The molecular formula is C78H78Cl2Hf2. The van der Waals surface area contributed by atoms with E-state index in [0.29, 0.717) is 0 Å². The van der Waals surface area contributed by atoms with Crippen molar-refractivity contribution in [3.05, 3.63) is 286 Å². The fraction of sp³-hybridized carbons (Fsp3) is 0.231. The van der Waals surface area contributed by atoms with Crippen molar-refractivity contribution in [3.8, 4) is 0 Å². The van der Waals surface area contributed by atoms with Gasteiger partial charge in [-0.2, -0.15) is 0 Å². The van der Waals surface area contributed by atoms with Crippen LogP contribution in [0.25, 0.3) is 54.2 Å². The molecule has 0 aromatic heterocycles. The number of halogens is 2. The summed E-state index contributed by atoms with van der Waals surface area (Å²) >= 11 is 2.16. The molecule has 412 valence electrons. The summed E-state index contributed by atoms with van der Waals surface area (Å²) < 4.78 is 2.93. The average Bonchev–Trinajstić information content (AvgIpc) is 4.48. The molecule has 4 heteroatoms. The average molecular weight is 1440 g/mol. The molecule has 0 amide bonds. The van der Waals surface area contributed by atoms with Crippen molar-refractivity contribution in [2.24, 2.45) is 0 Å². The van der Waals surface area contributed by atoms with Crippen LogP contribution < -0.4 is 24.8 Å². The molecule has 0 atom stereocenters. The number of benzene rings is 8. The third-order valence-electron chi connectivity index (χ3n) is 15.6. The van der Waals surface area contributed by atoms with Gasteiger partial charge in [-0.25, -0.2) is 0 Å². The van der Waals surface area contributed by atoms with E-state index in [-0.39, 0.29) is 46.5 Å². The van der Waals surface area contributed by atoms with Crippen LogP contribution >= 0.6 is 0 Å². The van der Waals surface area contributed by atoms with Gasteiger partial charge >= 0.3 is 198 Å². The van der Waals surface area contributed by atoms with Crippen molar-refractivity contribution in [2.75, 3.05) is 0 Å². The van der Waals surface area contributed by atoms with Crippen molar-refractivity contribution in [3.63, 3.8) is 0 Å². The Kier molecular flexibility index (Phi) is 21.1. The van der Waals surface area contributed by atoms with Crippen LogP contribution in [0, 0.1) is 0 Å². The molecular weight excluding hydrogens is 1360 g/mol. The molecule has 0 N–H and O–H groups in total. The Morgan fingerprint density at radius 1 is 0.354 bits per heavy atom. The maximum atomic E-state index is 2.42. The quantitative estimate of drug-likeness (QED) is 0.115. The number of allylic oxidation sites excluding steroid dienone is 8. The van der Waals surface area contributed by atoms with Gasteiger partial charge in [0.05, 0.1) is 0 Å². The number of fused-ring (bicyclic) bond motifs is 6. The van der Waals surface area contributed by atoms with Crippen molar-refractivity contribution < 1.29 is 72.6 Å². The topological polar surface area (TPSA) is 0 Å². The first-order valence-corrected chi connectivity index (χ1v) is 32.1. The van der Waals surface area contributed by atoms with Crippen LogP contribution in [-0.4, -0.2) is 6.51 Å². The fourth-order valence-electron chi connectivity index (χ4n) is 11.1. The van der Waals surface area contributed by atoms with Crippen LogP contribution in [0.4, 0.5) is 0 Å². The van der Waals surface area contributed by atoms with E-state index in [0.717, 1.165) is 60.6 Å². The second kappa shape index (κ2) is 27.0. The molecule has 2 aliphatic rings. The van der Waals surface area contributed by atoms with Crippen molar-refractivity contribution in [1.29, 1.82) is 0 Å². The summed E-state index contributed by atoms with van der Waals surface area (Å²) in [5.74, 6) is 0. The van der Waals surface area contributed by atoms with Gasteiger partial charge in [0.1, 0.15) is 0 Å². The van der Waals surface area contributed by atoms with E-state index in [1.54, 1.807) is 0 Å². The van der Waals surface area contributed by atoms with Crippen molar-refractivity contribution in [1.82, 2.24) is 0 Å². The third-order valence-corrected chi connectivity index (χ3v) is 19.7. The van der Waals surface area contributed by atoms with E-state index in [1.807, 2.05) is 0 Å². The standard InChI is InChI=1S/2C26H29.2C13H10.2ClH.2Hf/c2*1-25(2,3)19-11-12-20-18(15-19)16-22-21(20)13-14-23(26(4,5)6)24(22)17-9-7-8-10-17;2*1-3-7-12(8-4-1)11-13-9-5-2-6-10-13;;;;/h2*7-9,11-16H,10H2,1-6H3;2*1-10H;2*1H;;/q2*-1;;;;;2*+2/p-2. The molecule has 2 aliphatic carbocycles. The summed E-state index contributed by atoms with van der Waals surface area (Å²) in [5, 5.41) is 11.1. The van der Waals surface area contributed by atoms with Crippen LogP contribution in [0.15, 0.2) is 231 Å². The van der Waals surface area contributed by atoms with Crippen LogP contribution in [0.5, 0.6) is 0 Å². The third kappa shape index (κ3) is 14.9. The SMILES string of the molecule is CC(C)(C)c1ccc2c(c1)[cH-]c1c(C3=CC=CC3)c(C(C)(C)C)ccc12.CC(C)(C)c1ccc2c(c1)[cH-]c1c(C3=CC=CC3)c(C(C)(C)C)ccc12.[Cl-].[Cl-].[Hf+2]=[C](c1ccccc1)c1ccccc1.[Hf+2]=[C](c1ccccc1)c1ccccc1. The van der Waals surface area contributed by atoms with Gasteiger partial charge in [-0.3, -0.25) is 0 Å². The summed E-state index contributed by atoms with van der Waals surface area (Å²) in [7, 11) is 0. The van der Waals surface area contributed by atoms with Gasteiger partial charge < -0.3 is 24.8 Å². The van der Waals surface area contributed by atoms with Gasteiger partial charge in [0.15, 0.2) is 0 Å². The van der Waals surface area contributed by atoms with E-state index in [1.165, 1.54) is 116 Å². The zero-order chi connectivity index (χ0) is 57.0. The first-order valence-electron chi connectivity index (χ1n) is 28.5. The summed E-state index contributed by atoms with van der Waals surface area (Å²) in [6.07, 6.45) is 15.6. The van der Waals surface area contributed by atoms with Crippen molar-refractivity contribution in [2.45, 2.75) is 118 Å². The molecule has 12 rings (SSSR count). The Labute approximate surface area is 532 Å². The van der Waals surface area contributed by atoms with Crippen LogP contribution in [0.3, 0.4) is 0 Å². The predicted octanol–water partition coefficient (Wildman–Crippen LogP) is 14.9. The molecule has 0 bridgehead atoms. The Bertz CT molecular complexity index is 3620. The van der Waals surface area contributed by atoms with E-state index in [2.05, 4.69) is 314 Å². The molecule has 0 radical (unpaired) electrons. The minimum atomic E-state index is 0. The van der Waals surface area contributed by atoms with Crippen LogP contribution in [0.2, 0.25) is 0 Å². The molecule has 0 nitrogen and oxygen atoms in total. The summed E-state index contributed by atoms with van der Waals surface area (Å²) in [6, 6.07) is 70.6. The molecule has 0 fully saturated rings. The Balaban J connectivity index is 0.000000162. The van der Waals surface area contributed by atoms with Crippen LogP contribution in [-0.2, 0) is 69.4 Å². The predicted molar refractivity (Wildman–Crippen MR) is 345 cm³/mol. The molecule has 0 saturated carbocycles. The zero-order valence-electron chi connectivity index (χ0n) is 50.1. The maximum absolute atomic E-state index is 2.42. The molecule has 0 saturated heterocycles. The Morgan fingerprint density at radius 2 is 0.646 bits per heavy atom. The van der Waals surface area contributed by atoms with Crippen molar-refractivity contribution >= 4 is 60.7 Å². The van der Waals surface area contributed by atoms with E-state index in [4.69, 9.17) is 0 Å². The van der Waals surface area contributed by atoms with Gasteiger partial charge in [0.25, 0.3) is 0 Å². The normalized spacial score (nSPS) is 13.0. The number of hydrogen-bond donors (Lipinski definition) is 0. The second-order valence-corrected chi connectivity index (χ2v) is 29.2. The summed E-state index contributed by atoms with van der Waals surface area (Å²) in [5.41, 5.74) is 17.5. The molecule has 0 spiro atoms. The Morgan fingerprint density at radius 3 is 0.902 bits per heavy atom. The number of hydrogen-bond acceptors (Lipinski definition) is 0. The van der Waals surface area contributed by atoms with Gasteiger partial charge in [-0.1, -0.05) is 213 Å². The molecule has 0 aliphatic heterocycles. The minimum absolute atomic E-state index is 0. The molecule has 82 heavy (non-hydrogen) atoms. The monoisotopic (exact) mass is 1440 g/mol. The first kappa shape index (κ1) is 64.1. The zero-order valence-corrected chi connectivity index (χ0v) is 58.8. The molecule has 10 aromatic carbocycles. The summed E-state index contributed by atoms with van der Waals surface area (Å²) in [6.45, 7) is 27.6. The molecule has 0 heterocycles. The van der Waals surface area contributed by atoms with E-state index >= 15 is 0 Å². The van der Waals surface area contributed by atoms with Gasteiger partial charge in [0, 0.05) is 0 Å². The van der Waals surface area contributed by atoms with Gasteiger partial charge in [0.2, 0.25) is 0 Å². The van der Waals surface area contributed by atoms with E-state index in [9.17, 15) is 0 Å². The number of rotatable bonds is 6. The Hall–Kier alpha value is -5.48. The fourth-order valence-corrected chi connectivity index (χ4v) is 13.5. The second-order valence-electron chi connectivity index (χ2n) is 25.7.